The van der Waals surface area contributed by atoms with Gasteiger partial charge >= 0.3 is 0 Å². The van der Waals surface area contributed by atoms with Crippen LogP contribution in [0, 0.1) is 5.82 Å². The Bertz CT molecular complexity index is 522. The number of nitrogens with one attached hydrogen (secondary N) is 1. The predicted octanol–water partition coefficient (Wildman–Crippen LogP) is 1.25. The van der Waals surface area contributed by atoms with E-state index in [4.69, 9.17) is 0 Å². The van der Waals surface area contributed by atoms with Gasteiger partial charge in [-0.25, -0.2) is 9.11 Å². The van der Waals surface area contributed by atoms with Crippen molar-refractivity contribution >= 4 is 10.2 Å². The van der Waals surface area contributed by atoms with E-state index in [9.17, 15) is 12.8 Å². The summed E-state index contributed by atoms with van der Waals surface area (Å²) in [7, 11) is -0.426. The van der Waals surface area contributed by atoms with Crippen LogP contribution in [0.3, 0.4) is 0 Å². The smallest absolute Gasteiger partial charge is 0.207 e. The fourth-order valence-corrected chi connectivity index (χ4v) is 2.60. The Morgan fingerprint density at radius 1 is 1.28 bits per heavy atom. The minimum absolute atomic E-state index is 0.156. The molecule has 0 radical (unpaired) electrons. The molecule has 1 aromatic carbocycles. The zero-order chi connectivity index (χ0) is 13.4. The summed E-state index contributed by atoms with van der Waals surface area (Å²) in [6.45, 7) is 0.360. The first-order valence-electron chi connectivity index (χ1n) is 5.79. The molecular formula is C12H17FN2O2S. The van der Waals surface area contributed by atoms with Gasteiger partial charge in [0.25, 0.3) is 10.2 Å². The maximum Gasteiger partial charge on any atom is 0.278 e. The topological polar surface area (TPSA) is 49.4 Å². The second-order valence-electron chi connectivity index (χ2n) is 4.90. The van der Waals surface area contributed by atoms with Crippen molar-refractivity contribution in [2.75, 3.05) is 20.6 Å². The fourth-order valence-electron chi connectivity index (χ4n) is 1.88. The van der Waals surface area contributed by atoms with E-state index in [2.05, 4.69) is 4.72 Å². The number of hydrogen-bond donors (Lipinski definition) is 1. The van der Waals surface area contributed by atoms with E-state index in [1.807, 2.05) is 0 Å². The van der Waals surface area contributed by atoms with E-state index in [0.29, 0.717) is 6.54 Å². The molecule has 6 heteroatoms. The highest BCUT2D eigenvalue weighted by Crippen LogP contribution is 2.47. The summed E-state index contributed by atoms with van der Waals surface area (Å²) in [6, 6.07) is 6.28. The van der Waals surface area contributed by atoms with Crippen LogP contribution < -0.4 is 4.72 Å². The third-order valence-corrected chi connectivity index (χ3v) is 4.85. The van der Waals surface area contributed by atoms with Crippen LogP contribution in [0.25, 0.3) is 0 Å². The Hall–Kier alpha value is -0.980. The molecule has 4 nitrogen and oxygen atoms in total. The standard InChI is InChI=1S/C12H17FN2O2S/c1-15(2)18(16,17)14-9-12(7-8-12)10-3-5-11(13)6-4-10/h3-6,14H,7-9H2,1-2H3. The Kier molecular flexibility index (Phi) is 3.44. The lowest BCUT2D eigenvalue weighted by atomic mass is 9.96. The molecule has 100 valence electrons. The van der Waals surface area contributed by atoms with Crippen molar-refractivity contribution in [3.63, 3.8) is 0 Å². The van der Waals surface area contributed by atoms with E-state index in [1.54, 1.807) is 12.1 Å². The Balaban J connectivity index is 2.08. The highest BCUT2D eigenvalue weighted by atomic mass is 32.2. The monoisotopic (exact) mass is 272 g/mol. The summed E-state index contributed by atoms with van der Waals surface area (Å²) in [6.07, 6.45) is 1.85. The first-order valence-corrected chi connectivity index (χ1v) is 7.23. The normalized spacial score (nSPS) is 18.0. The molecule has 18 heavy (non-hydrogen) atoms. The van der Waals surface area contributed by atoms with Gasteiger partial charge in [0.15, 0.2) is 0 Å². The molecule has 0 heterocycles. The molecule has 0 atom stereocenters. The molecule has 0 aliphatic heterocycles. The van der Waals surface area contributed by atoms with Gasteiger partial charge in [-0.15, -0.1) is 0 Å². The van der Waals surface area contributed by atoms with Crippen molar-refractivity contribution < 1.29 is 12.8 Å². The van der Waals surface area contributed by atoms with Crippen molar-refractivity contribution in [2.45, 2.75) is 18.3 Å². The van der Waals surface area contributed by atoms with Gasteiger partial charge in [-0.3, -0.25) is 0 Å². The van der Waals surface area contributed by atoms with Crippen LogP contribution in [0.5, 0.6) is 0 Å². The minimum Gasteiger partial charge on any atom is -0.207 e. The number of nitrogens with zero attached hydrogens (tertiary/aromatic N) is 1. The molecule has 0 spiro atoms. The second-order valence-corrected chi connectivity index (χ2v) is 6.86. The maximum atomic E-state index is 12.9. The van der Waals surface area contributed by atoms with Crippen LogP contribution in [-0.2, 0) is 15.6 Å². The van der Waals surface area contributed by atoms with Crippen molar-refractivity contribution in [2.24, 2.45) is 0 Å². The van der Waals surface area contributed by atoms with Crippen LogP contribution >= 0.6 is 0 Å². The van der Waals surface area contributed by atoms with Gasteiger partial charge < -0.3 is 0 Å². The Labute approximate surface area is 107 Å². The number of halogens is 1. The second kappa shape index (κ2) is 4.60. The lowest BCUT2D eigenvalue weighted by molar-refractivity contribution is 0.497. The van der Waals surface area contributed by atoms with Gasteiger partial charge in [0.2, 0.25) is 0 Å². The molecule has 0 aromatic heterocycles. The van der Waals surface area contributed by atoms with Gasteiger partial charge in [0.1, 0.15) is 5.82 Å². The van der Waals surface area contributed by atoms with E-state index in [-0.39, 0.29) is 11.2 Å². The lowest BCUT2D eigenvalue weighted by Gasteiger charge is -2.19. The Morgan fingerprint density at radius 2 is 1.83 bits per heavy atom. The summed E-state index contributed by atoms with van der Waals surface area (Å²) >= 11 is 0. The van der Waals surface area contributed by atoms with Crippen LogP contribution in [0.2, 0.25) is 0 Å². The van der Waals surface area contributed by atoms with E-state index in [0.717, 1.165) is 22.7 Å². The van der Waals surface area contributed by atoms with Crippen LogP contribution in [-0.4, -0.2) is 33.4 Å². The molecule has 2 rings (SSSR count). The van der Waals surface area contributed by atoms with Crippen LogP contribution in [0.1, 0.15) is 18.4 Å². The van der Waals surface area contributed by atoms with Gasteiger partial charge in [-0.1, -0.05) is 12.1 Å². The first-order chi connectivity index (χ1) is 8.36. The quantitative estimate of drug-likeness (QED) is 0.877. The van der Waals surface area contributed by atoms with Crippen molar-refractivity contribution in [3.05, 3.63) is 35.6 Å². The molecule has 0 bridgehead atoms. The number of hydrogen-bond acceptors (Lipinski definition) is 2. The number of rotatable bonds is 5. The third kappa shape index (κ3) is 2.71. The van der Waals surface area contributed by atoms with Gasteiger partial charge in [-0.05, 0) is 30.5 Å². The highest BCUT2D eigenvalue weighted by molar-refractivity contribution is 7.87. The molecule has 1 aromatic rings. The molecule has 1 N–H and O–H groups in total. The van der Waals surface area contributed by atoms with E-state index >= 15 is 0 Å². The predicted molar refractivity (Wildman–Crippen MR) is 67.9 cm³/mol. The molecule has 1 aliphatic carbocycles. The fraction of sp³-hybridized carbons (Fsp3) is 0.500. The zero-order valence-electron chi connectivity index (χ0n) is 10.5. The van der Waals surface area contributed by atoms with Crippen molar-refractivity contribution in [1.82, 2.24) is 9.03 Å². The maximum absolute atomic E-state index is 12.9. The molecule has 0 saturated heterocycles. The Morgan fingerprint density at radius 3 is 2.28 bits per heavy atom. The number of benzene rings is 1. The summed E-state index contributed by atoms with van der Waals surface area (Å²) in [4.78, 5) is 0. The average molecular weight is 272 g/mol. The highest BCUT2D eigenvalue weighted by Gasteiger charge is 2.44. The average Bonchev–Trinajstić information content (AvgIpc) is 3.08. The lowest BCUT2D eigenvalue weighted by Crippen LogP contribution is -2.39. The molecule has 0 unspecified atom stereocenters. The third-order valence-electron chi connectivity index (χ3n) is 3.38. The molecule has 1 fully saturated rings. The summed E-state index contributed by atoms with van der Waals surface area (Å²) in [5, 5.41) is 0. The largest absolute Gasteiger partial charge is 0.278 e. The van der Waals surface area contributed by atoms with Gasteiger partial charge in [0.05, 0.1) is 0 Å². The summed E-state index contributed by atoms with van der Waals surface area (Å²) < 4.78 is 39.9. The summed E-state index contributed by atoms with van der Waals surface area (Å²) in [5.74, 6) is -0.275. The molecule has 0 amide bonds. The van der Waals surface area contributed by atoms with E-state index in [1.165, 1.54) is 26.2 Å². The van der Waals surface area contributed by atoms with Gasteiger partial charge in [-0.2, -0.15) is 12.7 Å². The zero-order valence-corrected chi connectivity index (χ0v) is 11.3. The van der Waals surface area contributed by atoms with Gasteiger partial charge in [0, 0.05) is 26.1 Å². The molecule has 1 aliphatic rings. The van der Waals surface area contributed by atoms with Crippen LogP contribution in [0.15, 0.2) is 24.3 Å². The molecule has 1 saturated carbocycles. The summed E-state index contributed by atoms with van der Waals surface area (Å²) in [5.41, 5.74) is 0.835. The minimum atomic E-state index is -3.40. The molecular weight excluding hydrogens is 255 g/mol. The SMILES string of the molecule is CN(C)S(=O)(=O)NCC1(c2ccc(F)cc2)CC1. The first kappa shape index (κ1) is 13.5. The van der Waals surface area contributed by atoms with Crippen molar-refractivity contribution in [3.8, 4) is 0 Å². The van der Waals surface area contributed by atoms with Crippen molar-refractivity contribution in [1.29, 1.82) is 0 Å². The van der Waals surface area contributed by atoms with Crippen LogP contribution in [0.4, 0.5) is 4.39 Å². The van der Waals surface area contributed by atoms with E-state index < -0.39 is 10.2 Å².